The van der Waals surface area contributed by atoms with E-state index in [1.54, 1.807) is 0 Å². The SMILES string of the molecule is O=C1CCCc2c1ccc(=O)n2CC(F)(F)F. The molecule has 92 valence electrons. The van der Waals surface area contributed by atoms with Gasteiger partial charge in [-0.1, -0.05) is 0 Å². The standard InChI is InChI=1S/C11H10F3NO2/c12-11(13,14)6-15-8-2-1-3-9(16)7(8)4-5-10(15)17/h4-5H,1-3,6H2. The van der Waals surface area contributed by atoms with Gasteiger partial charge in [0, 0.05) is 23.7 Å². The Hall–Kier alpha value is -1.59. The summed E-state index contributed by atoms with van der Waals surface area (Å²) in [7, 11) is 0. The zero-order chi connectivity index (χ0) is 12.6. The highest BCUT2D eigenvalue weighted by Gasteiger charge is 2.31. The first-order valence-corrected chi connectivity index (χ1v) is 5.21. The molecule has 0 atom stereocenters. The second kappa shape index (κ2) is 4.01. The predicted molar refractivity (Wildman–Crippen MR) is 54.0 cm³/mol. The van der Waals surface area contributed by atoms with Crippen molar-refractivity contribution in [2.45, 2.75) is 32.0 Å². The molecule has 1 heterocycles. The van der Waals surface area contributed by atoms with Gasteiger partial charge in [-0.2, -0.15) is 13.2 Å². The minimum Gasteiger partial charge on any atom is -0.303 e. The van der Waals surface area contributed by atoms with Gasteiger partial charge >= 0.3 is 6.18 Å². The zero-order valence-corrected chi connectivity index (χ0v) is 8.88. The molecule has 0 bridgehead atoms. The Morgan fingerprint density at radius 1 is 1.18 bits per heavy atom. The fourth-order valence-corrected chi connectivity index (χ4v) is 2.05. The topological polar surface area (TPSA) is 39.1 Å². The number of halogens is 3. The molecular weight excluding hydrogens is 235 g/mol. The number of alkyl halides is 3. The second-order valence-electron chi connectivity index (χ2n) is 4.01. The molecule has 3 nitrogen and oxygen atoms in total. The van der Waals surface area contributed by atoms with Gasteiger partial charge in [0.15, 0.2) is 5.78 Å². The molecule has 1 aliphatic rings. The van der Waals surface area contributed by atoms with E-state index in [0.29, 0.717) is 23.8 Å². The summed E-state index contributed by atoms with van der Waals surface area (Å²) < 4.78 is 37.7. The molecule has 17 heavy (non-hydrogen) atoms. The smallest absolute Gasteiger partial charge is 0.303 e. The molecule has 0 aliphatic heterocycles. The lowest BCUT2D eigenvalue weighted by Gasteiger charge is -2.20. The number of ketones is 1. The van der Waals surface area contributed by atoms with Gasteiger partial charge in [0.25, 0.3) is 5.56 Å². The minimum atomic E-state index is -4.46. The number of pyridine rings is 1. The Balaban J connectivity index is 2.54. The number of hydrogen-bond acceptors (Lipinski definition) is 2. The van der Waals surface area contributed by atoms with Gasteiger partial charge in [-0.05, 0) is 18.9 Å². The Morgan fingerprint density at radius 3 is 2.53 bits per heavy atom. The number of aromatic nitrogens is 1. The first kappa shape index (κ1) is 11.9. The molecule has 0 aromatic carbocycles. The Bertz CT molecular complexity index is 516. The quantitative estimate of drug-likeness (QED) is 0.758. The Morgan fingerprint density at radius 2 is 1.88 bits per heavy atom. The van der Waals surface area contributed by atoms with E-state index in [2.05, 4.69) is 0 Å². The fourth-order valence-electron chi connectivity index (χ4n) is 2.05. The van der Waals surface area contributed by atoms with E-state index >= 15 is 0 Å². The molecule has 2 rings (SSSR count). The van der Waals surface area contributed by atoms with Crippen molar-refractivity contribution in [3.05, 3.63) is 33.7 Å². The van der Waals surface area contributed by atoms with Crippen LogP contribution in [-0.2, 0) is 13.0 Å². The van der Waals surface area contributed by atoms with Gasteiger partial charge in [0.1, 0.15) is 6.54 Å². The summed E-state index contributed by atoms with van der Waals surface area (Å²) in [6.45, 7) is -1.33. The monoisotopic (exact) mass is 245 g/mol. The maximum atomic E-state index is 12.3. The lowest BCUT2D eigenvalue weighted by Crippen LogP contribution is -2.33. The van der Waals surface area contributed by atoms with Crippen molar-refractivity contribution < 1.29 is 18.0 Å². The number of nitrogens with zero attached hydrogens (tertiary/aromatic N) is 1. The van der Waals surface area contributed by atoms with Crippen LogP contribution in [-0.4, -0.2) is 16.5 Å². The summed E-state index contributed by atoms with van der Waals surface area (Å²) in [5.41, 5.74) is -0.248. The molecule has 0 unspecified atom stereocenters. The summed E-state index contributed by atoms with van der Waals surface area (Å²) >= 11 is 0. The largest absolute Gasteiger partial charge is 0.406 e. The van der Waals surface area contributed by atoms with Crippen molar-refractivity contribution in [1.29, 1.82) is 0 Å². The van der Waals surface area contributed by atoms with Crippen LogP contribution in [0.25, 0.3) is 0 Å². The first-order valence-electron chi connectivity index (χ1n) is 5.21. The predicted octanol–water partition coefficient (Wildman–Crippen LogP) is 1.93. The van der Waals surface area contributed by atoms with Gasteiger partial charge in [0.2, 0.25) is 0 Å². The van der Waals surface area contributed by atoms with Crippen LogP contribution >= 0.6 is 0 Å². The van der Waals surface area contributed by atoms with Crippen LogP contribution < -0.4 is 5.56 Å². The number of carbonyl (C=O) groups excluding carboxylic acids is 1. The van der Waals surface area contributed by atoms with Gasteiger partial charge in [-0.15, -0.1) is 0 Å². The van der Waals surface area contributed by atoms with Crippen LogP contribution in [0.2, 0.25) is 0 Å². The highest BCUT2D eigenvalue weighted by molar-refractivity contribution is 5.97. The third-order valence-electron chi connectivity index (χ3n) is 2.75. The van der Waals surface area contributed by atoms with Gasteiger partial charge in [-0.25, -0.2) is 0 Å². The van der Waals surface area contributed by atoms with Crippen molar-refractivity contribution in [1.82, 2.24) is 4.57 Å². The fraction of sp³-hybridized carbons (Fsp3) is 0.455. The number of hydrogen-bond donors (Lipinski definition) is 0. The highest BCUT2D eigenvalue weighted by atomic mass is 19.4. The van der Waals surface area contributed by atoms with Crippen LogP contribution in [0.5, 0.6) is 0 Å². The summed E-state index contributed by atoms with van der Waals surface area (Å²) in [4.78, 5) is 22.9. The molecule has 1 aromatic heterocycles. The molecule has 1 aliphatic carbocycles. The zero-order valence-electron chi connectivity index (χ0n) is 8.88. The van der Waals surface area contributed by atoms with E-state index < -0.39 is 18.3 Å². The average Bonchev–Trinajstić information content (AvgIpc) is 2.21. The molecule has 1 aromatic rings. The number of carbonyl (C=O) groups is 1. The Labute approximate surface area is 94.9 Å². The molecule has 0 saturated carbocycles. The van der Waals surface area contributed by atoms with Gasteiger partial charge < -0.3 is 4.57 Å². The van der Waals surface area contributed by atoms with E-state index in [4.69, 9.17) is 0 Å². The van der Waals surface area contributed by atoms with Crippen molar-refractivity contribution in [2.75, 3.05) is 0 Å². The van der Waals surface area contributed by atoms with Gasteiger partial charge in [-0.3, -0.25) is 9.59 Å². The van der Waals surface area contributed by atoms with E-state index in [1.165, 1.54) is 6.07 Å². The average molecular weight is 245 g/mol. The van der Waals surface area contributed by atoms with Crippen molar-refractivity contribution in [2.24, 2.45) is 0 Å². The van der Waals surface area contributed by atoms with Crippen LogP contribution in [0.15, 0.2) is 16.9 Å². The lowest BCUT2D eigenvalue weighted by molar-refractivity contribution is -0.141. The maximum Gasteiger partial charge on any atom is 0.406 e. The van der Waals surface area contributed by atoms with E-state index in [9.17, 15) is 22.8 Å². The summed E-state index contributed by atoms with van der Waals surface area (Å²) in [6, 6.07) is 2.35. The number of Topliss-reactive ketones (excluding diaryl/α,β-unsaturated/α-hetero) is 1. The second-order valence-corrected chi connectivity index (χ2v) is 4.01. The lowest BCUT2D eigenvalue weighted by atomic mass is 9.94. The summed E-state index contributed by atoms with van der Waals surface area (Å²) in [6.07, 6.45) is -3.29. The first-order chi connectivity index (χ1) is 7.88. The van der Waals surface area contributed by atoms with E-state index in [1.807, 2.05) is 0 Å². The van der Waals surface area contributed by atoms with Crippen molar-refractivity contribution in [3.8, 4) is 0 Å². The van der Waals surface area contributed by atoms with E-state index in [0.717, 1.165) is 6.07 Å². The molecule has 0 N–H and O–H groups in total. The summed E-state index contributed by atoms with van der Waals surface area (Å²) in [5, 5.41) is 0. The van der Waals surface area contributed by atoms with Crippen LogP contribution in [0, 0.1) is 0 Å². The van der Waals surface area contributed by atoms with Crippen LogP contribution in [0.1, 0.15) is 28.9 Å². The Kier molecular flexibility index (Phi) is 2.81. The van der Waals surface area contributed by atoms with Crippen LogP contribution in [0.3, 0.4) is 0 Å². The van der Waals surface area contributed by atoms with Gasteiger partial charge in [0.05, 0.1) is 0 Å². The molecule has 0 spiro atoms. The molecule has 0 radical (unpaired) electrons. The van der Waals surface area contributed by atoms with Crippen molar-refractivity contribution >= 4 is 5.78 Å². The molecular formula is C11H10F3NO2. The van der Waals surface area contributed by atoms with Crippen molar-refractivity contribution in [3.63, 3.8) is 0 Å². The molecule has 6 heteroatoms. The number of fused-ring (bicyclic) bond motifs is 1. The third kappa shape index (κ3) is 2.40. The third-order valence-corrected chi connectivity index (χ3v) is 2.75. The van der Waals surface area contributed by atoms with Crippen LogP contribution in [0.4, 0.5) is 13.2 Å². The maximum absolute atomic E-state index is 12.3. The normalized spacial score (nSPS) is 15.8. The van der Waals surface area contributed by atoms with E-state index in [-0.39, 0.29) is 17.0 Å². The highest BCUT2D eigenvalue weighted by Crippen LogP contribution is 2.23. The molecule has 0 fully saturated rings. The molecule has 0 saturated heterocycles. The molecule has 0 amide bonds. The summed E-state index contributed by atoms with van der Waals surface area (Å²) in [5.74, 6) is -0.192. The minimum absolute atomic E-state index is 0.192. The number of rotatable bonds is 1.